The predicted octanol–water partition coefficient (Wildman–Crippen LogP) is 0.835. The van der Waals surface area contributed by atoms with E-state index in [0.717, 1.165) is 11.1 Å². The molecule has 2 N–H and O–H groups in total. The van der Waals surface area contributed by atoms with E-state index < -0.39 is 35.9 Å². The number of fused-ring (bicyclic) bond motifs is 1. The average Bonchev–Trinajstić information content (AvgIpc) is 2.83. The summed E-state index contributed by atoms with van der Waals surface area (Å²) in [6.07, 6.45) is -4.67. The van der Waals surface area contributed by atoms with Crippen LogP contribution in [0.2, 0.25) is 0 Å². The summed E-state index contributed by atoms with van der Waals surface area (Å²) < 4.78 is 62.3. The number of halogens is 3. The summed E-state index contributed by atoms with van der Waals surface area (Å²) in [5.41, 5.74) is 1.69. The van der Waals surface area contributed by atoms with E-state index in [1.807, 2.05) is 0 Å². The van der Waals surface area contributed by atoms with Gasteiger partial charge in [-0.1, -0.05) is 6.07 Å². The van der Waals surface area contributed by atoms with E-state index in [1.54, 1.807) is 6.07 Å². The number of sulfonamides is 1. The molecule has 0 saturated carbocycles. The molecule has 9 heteroatoms. The summed E-state index contributed by atoms with van der Waals surface area (Å²) in [4.78, 5) is -0.192. The van der Waals surface area contributed by atoms with E-state index in [9.17, 15) is 21.6 Å². The molecular weight excluding hydrogens is 309 g/mol. The Morgan fingerprint density at radius 1 is 1.24 bits per heavy atom. The molecule has 0 bridgehead atoms. The van der Waals surface area contributed by atoms with E-state index in [-0.39, 0.29) is 9.20 Å². The fourth-order valence-corrected chi connectivity index (χ4v) is 3.64. The standard InChI is InChI=1S/C12H15F3N2O3S/c13-12(14,15)8-17(3-4-18)21(19,20)11-2-1-9-6-16-7-10(9)5-11/h1-2,5,16,18H,3-4,6-8H2. The third-order valence-corrected chi connectivity index (χ3v) is 4.99. The van der Waals surface area contributed by atoms with Crippen molar-refractivity contribution in [3.63, 3.8) is 0 Å². The number of aliphatic hydroxyl groups excluding tert-OH is 1. The molecule has 118 valence electrons. The quantitative estimate of drug-likeness (QED) is 0.842. The van der Waals surface area contributed by atoms with Crippen molar-refractivity contribution in [2.45, 2.75) is 24.2 Å². The Balaban J connectivity index is 2.33. The molecule has 2 rings (SSSR count). The van der Waals surface area contributed by atoms with Crippen LogP contribution in [0.15, 0.2) is 23.1 Å². The van der Waals surface area contributed by atoms with Crippen LogP contribution in [0.3, 0.4) is 0 Å². The number of rotatable bonds is 5. The van der Waals surface area contributed by atoms with Gasteiger partial charge in [0.15, 0.2) is 0 Å². The van der Waals surface area contributed by atoms with Gasteiger partial charge in [0.05, 0.1) is 11.5 Å². The van der Waals surface area contributed by atoms with Gasteiger partial charge in [-0.15, -0.1) is 0 Å². The molecule has 0 saturated heterocycles. The van der Waals surface area contributed by atoms with Crippen LogP contribution >= 0.6 is 0 Å². The Morgan fingerprint density at radius 2 is 1.90 bits per heavy atom. The molecule has 0 spiro atoms. The zero-order valence-corrected chi connectivity index (χ0v) is 11.8. The van der Waals surface area contributed by atoms with Gasteiger partial charge in [0.25, 0.3) is 0 Å². The summed E-state index contributed by atoms with van der Waals surface area (Å²) in [6, 6.07) is 4.26. The molecule has 0 fully saturated rings. The first kappa shape index (κ1) is 16.2. The number of nitrogens with zero attached hydrogens (tertiary/aromatic N) is 1. The van der Waals surface area contributed by atoms with Crippen LogP contribution < -0.4 is 5.32 Å². The number of nitrogens with one attached hydrogen (secondary N) is 1. The van der Waals surface area contributed by atoms with Gasteiger partial charge in [0.2, 0.25) is 10.0 Å². The van der Waals surface area contributed by atoms with Gasteiger partial charge < -0.3 is 10.4 Å². The number of hydrogen-bond donors (Lipinski definition) is 2. The largest absolute Gasteiger partial charge is 0.402 e. The van der Waals surface area contributed by atoms with Gasteiger partial charge in [0, 0.05) is 19.6 Å². The Morgan fingerprint density at radius 3 is 2.52 bits per heavy atom. The third kappa shape index (κ3) is 3.73. The normalized spacial score (nSPS) is 15.5. The van der Waals surface area contributed by atoms with Crippen LogP contribution in [0.4, 0.5) is 13.2 Å². The number of benzene rings is 1. The molecule has 1 aromatic carbocycles. The van der Waals surface area contributed by atoms with Gasteiger partial charge in [0.1, 0.15) is 6.54 Å². The van der Waals surface area contributed by atoms with E-state index in [2.05, 4.69) is 5.32 Å². The van der Waals surface area contributed by atoms with Gasteiger partial charge >= 0.3 is 6.18 Å². The first-order valence-electron chi connectivity index (χ1n) is 6.24. The lowest BCUT2D eigenvalue weighted by Crippen LogP contribution is -2.40. The lowest BCUT2D eigenvalue weighted by Gasteiger charge is -2.22. The van der Waals surface area contributed by atoms with Gasteiger partial charge in [-0.25, -0.2) is 8.42 Å². The van der Waals surface area contributed by atoms with Crippen molar-refractivity contribution >= 4 is 10.0 Å². The summed E-state index contributed by atoms with van der Waals surface area (Å²) in [7, 11) is -4.29. The van der Waals surface area contributed by atoms with Gasteiger partial charge in [-0.2, -0.15) is 17.5 Å². The molecule has 0 atom stereocenters. The zero-order valence-electron chi connectivity index (χ0n) is 11.0. The Labute approximate surface area is 120 Å². The molecule has 0 radical (unpaired) electrons. The average molecular weight is 324 g/mol. The highest BCUT2D eigenvalue weighted by atomic mass is 32.2. The van der Waals surface area contributed by atoms with Gasteiger partial charge in [-0.3, -0.25) is 0 Å². The topological polar surface area (TPSA) is 69.6 Å². The molecule has 21 heavy (non-hydrogen) atoms. The van der Waals surface area contributed by atoms with Crippen LogP contribution in [0.1, 0.15) is 11.1 Å². The maximum atomic E-state index is 12.5. The molecule has 1 aromatic rings. The lowest BCUT2D eigenvalue weighted by molar-refractivity contribution is -0.136. The second-order valence-electron chi connectivity index (χ2n) is 4.71. The van der Waals surface area contributed by atoms with Crippen LogP contribution in [0, 0.1) is 0 Å². The molecular formula is C12H15F3N2O3S. The maximum Gasteiger partial charge on any atom is 0.402 e. The maximum absolute atomic E-state index is 12.5. The highest BCUT2D eigenvalue weighted by Gasteiger charge is 2.37. The van der Waals surface area contributed by atoms with Crippen molar-refractivity contribution in [1.82, 2.24) is 9.62 Å². The molecule has 1 aliphatic heterocycles. The van der Waals surface area contributed by atoms with Crippen LogP contribution in [-0.4, -0.2) is 43.7 Å². The second kappa shape index (κ2) is 5.91. The fourth-order valence-electron chi connectivity index (χ4n) is 2.18. The SMILES string of the molecule is O=S(=O)(c1ccc2c(c1)CNC2)N(CCO)CC(F)(F)F. The van der Waals surface area contributed by atoms with Crippen molar-refractivity contribution in [3.05, 3.63) is 29.3 Å². The number of aliphatic hydroxyl groups is 1. The summed E-state index contributed by atoms with van der Waals surface area (Å²) >= 11 is 0. The van der Waals surface area contributed by atoms with Crippen LogP contribution in [0.25, 0.3) is 0 Å². The molecule has 1 heterocycles. The molecule has 5 nitrogen and oxygen atoms in total. The fraction of sp³-hybridized carbons (Fsp3) is 0.500. The van der Waals surface area contributed by atoms with E-state index >= 15 is 0 Å². The van der Waals surface area contributed by atoms with Crippen LogP contribution in [-0.2, 0) is 23.1 Å². The lowest BCUT2D eigenvalue weighted by atomic mass is 10.1. The Hall–Kier alpha value is -1.16. The molecule has 0 aliphatic carbocycles. The van der Waals surface area contributed by atoms with E-state index in [0.29, 0.717) is 13.1 Å². The van der Waals surface area contributed by atoms with E-state index in [1.165, 1.54) is 12.1 Å². The third-order valence-electron chi connectivity index (χ3n) is 3.15. The van der Waals surface area contributed by atoms with Crippen molar-refractivity contribution in [1.29, 1.82) is 0 Å². The predicted molar refractivity (Wildman–Crippen MR) is 68.9 cm³/mol. The summed E-state index contributed by atoms with van der Waals surface area (Å²) in [5.74, 6) is 0. The molecule has 1 aliphatic rings. The van der Waals surface area contributed by atoms with Crippen molar-refractivity contribution in [2.24, 2.45) is 0 Å². The number of hydrogen-bond acceptors (Lipinski definition) is 4. The summed E-state index contributed by atoms with van der Waals surface area (Å²) in [6.45, 7) is -1.80. The Bertz CT molecular complexity index is 617. The van der Waals surface area contributed by atoms with Gasteiger partial charge in [-0.05, 0) is 23.3 Å². The first-order valence-corrected chi connectivity index (χ1v) is 7.68. The highest BCUT2D eigenvalue weighted by molar-refractivity contribution is 7.89. The smallest absolute Gasteiger partial charge is 0.395 e. The minimum absolute atomic E-state index is 0.192. The minimum Gasteiger partial charge on any atom is -0.395 e. The zero-order chi connectivity index (χ0) is 15.7. The highest BCUT2D eigenvalue weighted by Crippen LogP contribution is 2.25. The second-order valence-corrected chi connectivity index (χ2v) is 6.65. The monoisotopic (exact) mass is 324 g/mol. The molecule has 0 amide bonds. The van der Waals surface area contributed by atoms with Crippen molar-refractivity contribution in [2.75, 3.05) is 19.7 Å². The summed E-state index contributed by atoms with van der Waals surface area (Å²) in [5, 5.41) is 11.8. The van der Waals surface area contributed by atoms with Crippen molar-refractivity contribution < 1.29 is 26.7 Å². The van der Waals surface area contributed by atoms with Crippen LogP contribution in [0.5, 0.6) is 0 Å². The number of alkyl halides is 3. The Kier molecular flexibility index (Phi) is 4.57. The molecule has 0 aromatic heterocycles. The van der Waals surface area contributed by atoms with Crippen molar-refractivity contribution in [3.8, 4) is 0 Å². The minimum atomic E-state index is -4.67. The first-order chi connectivity index (χ1) is 9.74. The van der Waals surface area contributed by atoms with E-state index in [4.69, 9.17) is 5.11 Å². The molecule has 0 unspecified atom stereocenters.